The van der Waals surface area contributed by atoms with Gasteiger partial charge < -0.3 is 5.32 Å². The maximum Gasteiger partial charge on any atom is 0.223 e. The fraction of sp³-hybridized carbons (Fsp3) is 0.294. The molecule has 1 heterocycles. The van der Waals surface area contributed by atoms with Crippen LogP contribution in [0.3, 0.4) is 0 Å². The van der Waals surface area contributed by atoms with E-state index >= 15 is 0 Å². The molecule has 1 N–H and O–H groups in total. The monoisotopic (exact) mass is 268 g/mol. The molecule has 3 heteroatoms. The van der Waals surface area contributed by atoms with Crippen LogP contribution in [0.2, 0.25) is 0 Å². The standard InChI is InChI=1S/C17H20N2O/c1-12(2)17(20)19-13(3)14-6-4-7-15(10-14)16-8-5-9-18-11-16/h4-13H,1-3H3,(H,19,20)/t13-/m0/s1. The van der Waals surface area contributed by atoms with E-state index in [1.807, 2.05) is 51.2 Å². The van der Waals surface area contributed by atoms with E-state index in [9.17, 15) is 4.79 Å². The number of pyridine rings is 1. The molecular formula is C17H20N2O. The van der Waals surface area contributed by atoms with E-state index in [0.717, 1.165) is 16.7 Å². The van der Waals surface area contributed by atoms with Gasteiger partial charge in [-0.1, -0.05) is 38.1 Å². The summed E-state index contributed by atoms with van der Waals surface area (Å²) in [5, 5.41) is 3.02. The van der Waals surface area contributed by atoms with Gasteiger partial charge in [0.2, 0.25) is 5.91 Å². The van der Waals surface area contributed by atoms with Crippen LogP contribution < -0.4 is 5.32 Å². The maximum atomic E-state index is 11.8. The fourth-order valence-corrected chi connectivity index (χ4v) is 1.98. The van der Waals surface area contributed by atoms with E-state index in [-0.39, 0.29) is 17.9 Å². The number of hydrogen-bond donors (Lipinski definition) is 1. The molecule has 1 atom stereocenters. The average Bonchev–Trinajstić information content (AvgIpc) is 2.48. The van der Waals surface area contributed by atoms with E-state index in [4.69, 9.17) is 0 Å². The van der Waals surface area contributed by atoms with Gasteiger partial charge in [-0.05, 0) is 35.7 Å². The first-order valence-corrected chi connectivity index (χ1v) is 6.88. The summed E-state index contributed by atoms with van der Waals surface area (Å²) in [6.45, 7) is 5.80. The van der Waals surface area contributed by atoms with Crippen molar-refractivity contribution in [3.63, 3.8) is 0 Å². The predicted molar refractivity (Wildman–Crippen MR) is 81.1 cm³/mol. The van der Waals surface area contributed by atoms with Crippen molar-refractivity contribution in [2.75, 3.05) is 0 Å². The number of nitrogens with one attached hydrogen (secondary N) is 1. The zero-order valence-electron chi connectivity index (χ0n) is 12.1. The van der Waals surface area contributed by atoms with Gasteiger partial charge in [-0.15, -0.1) is 0 Å². The van der Waals surface area contributed by atoms with Crippen molar-refractivity contribution >= 4 is 5.91 Å². The van der Waals surface area contributed by atoms with E-state index in [1.165, 1.54) is 0 Å². The molecule has 0 aliphatic rings. The Morgan fingerprint density at radius 2 is 1.85 bits per heavy atom. The van der Waals surface area contributed by atoms with Crippen molar-refractivity contribution in [1.29, 1.82) is 0 Å². The number of aromatic nitrogens is 1. The van der Waals surface area contributed by atoms with Gasteiger partial charge in [0.15, 0.2) is 0 Å². The summed E-state index contributed by atoms with van der Waals surface area (Å²) in [7, 11) is 0. The Hall–Kier alpha value is -2.16. The summed E-state index contributed by atoms with van der Waals surface area (Å²) < 4.78 is 0. The zero-order valence-corrected chi connectivity index (χ0v) is 12.1. The minimum absolute atomic E-state index is 0.000967. The Morgan fingerprint density at radius 1 is 1.10 bits per heavy atom. The van der Waals surface area contributed by atoms with Gasteiger partial charge in [-0.3, -0.25) is 9.78 Å². The van der Waals surface area contributed by atoms with Crippen LogP contribution in [0.15, 0.2) is 48.8 Å². The van der Waals surface area contributed by atoms with Crippen LogP contribution in [-0.2, 0) is 4.79 Å². The van der Waals surface area contributed by atoms with Gasteiger partial charge in [0.1, 0.15) is 0 Å². The lowest BCUT2D eigenvalue weighted by atomic mass is 10.0. The molecule has 2 aromatic rings. The van der Waals surface area contributed by atoms with Crippen molar-refractivity contribution in [1.82, 2.24) is 10.3 Å². The summed E-state index contributed by atoms with van der Waals surface area (Å²) in [5.41, 5.74) is 3.29. The minimum atomic E-state index is -0.000967. The highest BCUT2D eigenvalue weighted by Gasteiger charge is 2.12. The molecular weight excluding hydrogens is 248 g/mol. The third-order valence-electron chi connectivity index (χ3n) is 3.26. The smallest absolute Gasteiger partial charge is 0.223 e. The van der Waals surface area contributed by atoms with Crippen LogP contribution in [0.4, 0.5) is 0 Å². The second-order valence-electron chi connectivity index (χ2n) is 5.25. The third kappa shape index (κ3) is 3.44. The predicted octanol–water partition coefficient (Wildman–Crippen LogP) is 3.58. The Bertz CT molecular complexity index is 579. The van der Waals surface area contributed by atoms with E-state index in [1.54, 1.807) is 6.20 Å². The van der Waals surface area contributed by atoms with Crippen molar-refractivity contribution < 1.29 is 4.79 Å². The minimum Gasteiger partial charge on any atom is -0.349 e. The molecule has 0 unspecified atom stereocenters. The molecule has 0 saturated heterocycles. The normalized spacial score (nSPS) is 12.2. The van der Waals surface area contributed by atoms with Crippen LogP contribution in [0.1, 0.15) is 32.4 Å². The van der Waals surface area contributed by atoms with Crippen LogP contribution >= 0.6 is 0 Å². The summed E-state index contributed by atoms with van der Waals surface area (Å²) in [6, 6.07) is 12.2. The van der Waals surface area contributed by atoms with Crippen molar-refractivity contribution in [3.05, 3.63) is 54.4 Å². The summed E-state index contributed by atoms with van der Waals surface area (Å²) >= 11 is 0. The topological polar surface area (TPSA) is 42.0 Å². The summed E-state index contributed by atoms with van der Waals surface area (Å²) in [4.78, 5) is 15.9. The fourth-order valence-electron chi connectivity index (χ4n) is 1.98. The zero-order chi connectivity index (χ0) is 14.5. The molecule has 0 radical (unpaired) electrons. The lowest BCUT2D eigenvalue weighted by Gasteiger charge is -2.17. The first kappa shape index (κ1) is 14.3. The molecule has 0 bridgehead atoms. The van der Waals surface area contributed by atoms with Gasteiger partial charge in [0.05, 0.1) is 6.04 Å². The second kappa shape index (κ2) is 6.33. The van der Waals surface area contributed by atoms with Crippen LogP contribution in [-0.4, -0.2) is 10.9 Å². The molecule has 20 heavy (non-hydrogen) atoms. The van der Waals surface area contributed by atoms with E-state index in [2.05, 4.69) is 22.4 Å². The maximum absolute atomic E-state index is 11.8. The molecule has 0 saturated carbocycles. The first-order chi connectivity index (χ1) is 9.58. The number of hydrogen-bond acceptors (Lipinski definition) is 2. The molecule has 0 aliphatic heterocycles. The van der Waals surface area contributed by atoms with Crippen molar-refractivity contribution in [2.45, 2.75) is 26.8 Å². The highest BCUT2D eigenvalue weighted by Crippen LogP contribution is 2.22. The van der Waals surface area contributed by atoms with E-state index < -0.39 is 0 Å². The second-order valence-corrected chi connectivity index (χ2v) is 5.25. The largest absolute Gasteiger partial charge is 0.349 e. The number of nitrogens with zero attached hydrogens (tertiary/aromatic N) is 1. The van der Waals surface area contributed by atoms with Crippen LogP contribution in [0, 0.1) is 5.92 Å². The molecule has 1 aromatic heterocycles. The molecule has 1 aromatic carbocycles. The number of carbonyl (C=O) groups is 1. The van der Waals surface area contributed by atoms with Crippen molar-refractivity contribution in [2.24, 2.45) is 5.92 Å². The number of amides is 1. The Balaban J connectivity index is 2.20. The van der Waals surface area contributed by atoms with Gasteiger partial charge in [-0.25, -0.2) is 0 Å². The van der Waals surface area contributed by atoms with Gasteiger partial charge in [0, 0.05) is 18.3 Å². The Kier molecular flexibility index (Phi) is 4.51. The summed E-state index contributed by atoms with van der Waals surface area (Å²) in [6.07, 6.45) is 3.61. The average molecular weight is 268 g/mol. The molecule has 0 fully saturated rings. The number of benzene rings is 1. The molecule has 104 valence electrons. The first-order valence-electron chi connectivity index (χ1n) is 6.88. The van der Waals surface area contributed by atoms with Crippen LogP contribution in [0.25, 0.3) is 11.1 Å². The van der Waals surface area contributed by atoms with Gasteiger partial charge >= 0.3 is 0 Å². The molecule has 3 nitrogen and oxygen atoms in total. The number of carbonyl (C=O) groups excluding carboxylic acids is 1. The van der Waals surface area contributed by atoms with Gasteiger partial charge in [0.25, 0.3) is 0 Å². The molecule has 0 aliphatic carbocycles. The summed E-state index contributed by atoms with van der Waals surface area (Å²) in [5.74, 6) is 0.0724. The Labute approximate surface area is 120 Å². The van der Waals surface area contributed by atoms with E-state index in [0.29, 0.717) is 0 Å². The Morgan fingerprint density at radius 3 is 2.50 bits per heavy atom. The molecule has 0 spiro atoms. The highest BCUT2D eigenvalue weighted by atomic mass is 16.1. The van der Waals surface area contributed by atoms with Crippen molar-refractivity contribution in [3.8, 4) is 11.1 Å². The SMILES string of the molecule is CC(C)C(=O)N[C@@H](C)c1cccc(-c2cccnc2)c1. The van der Waals surface area contributed by atoms with Crippen LogP contribution in [0.5, 0.6) is 0 Å². The molecule has 2 rings (SSSR count). The van der Waals surface area contributed by atoms with Gasteiger partial charge in [-0.2, -0.15) is 0 Å². The highest BCUT2D eigenvalue weighted by molar-refractivity contribution is 5.78. The lowest BCUT2D eigenvalue weighted by Crippen LogP contribution is -2.30. The lowest BCUT2D eigenvalue weighted by molar-refractivity contribution is -0.124. The quantitative estimate of drug-likeness (QED) is 0.920. The third-order valence-corrected chi connectivity index (χ3v) is 3.26. The number of rotatable bonds is 4. The molecule has 1 amide bonds.